The van der Waals surface area contributed by atoms with Gasteiger partial charge >= 0.3 is 0 Å². The van der Waals surface area contributed by atoms with E-state index in [4.69, 9.17) is 13.9 Å². The Morgan fingerprint density at radius 3 is 2.41 bits per heavy atom. The van der Waals surface area contributed by atoms with Crippen LogP contribution in [0.5, 0.6) is 17.2 Å². The Hall–Kier alpha value is -3.15. The summed E-state index contributed by atoms with van der Waals surface area (Å²) >= 11 is 0. The highest BCUT2D eigenvalue weighted by Gasteiger charge is 2.45. The van der Waals surface area contributed by atoms with Crippen molar-refractivity contribution in [1.82, 2.24) is 0 Å². The second-order valence-electron chi connectivity index (χ2n) is 7.49. The summed E-state index contributed by atoms with van der Waals surface area (Å²) in [4.78, 5) is 13.2. The van der Waals surface area contributed by atoms with Crippen molar-refractivity contribution in [2.45, 2.75) is 30.5 Å². The third kappa shape index (κ3) is 3.48. The lowest BCUT2D eigenvalue weighted by Crippen LogP contribution is -2.55. The van der Waals surface area contributed by atoms with Gasteiger partial charge in [-0.1, -0.05) is 6.07 Å². The van der Waals surface area contributed by atoms with Gasteiger partial charge in [-0.25, -0.2) is 0 Å². The van der Waals surface area contributed by atoms with E-state index >= 15 is 0 Å². The zero-order chi connectivity index (χ0) is 23.2. The molecule has 0 saturated carbocycles. The second kappa shape index (κ2) is 8.41. The van der Waals surface area contributed by atoms with Crippen LogP contribution in [0.4, 0.5) is 0 Å². The maximum Gasteiger partial charge on any atom is 0.200 e. The smallest absolute Gasteiger partial charge is 0.200 e. The van der Waals surface area contributed by atoms with Gasteiger partial charge in [0, 0.05) is 0 Å². The Kier molecular flexibility index (Phi) is 5.80. The summed E-state index contributed by atoms with van der Waals surface area (Å²) in [5, 5.41) is 60.3. The molecule has 3 aromatic rings. The number of aliphatic hydroxyl groups is 4. The number of benzene rings is 2. The van der Waals surface area contributed by atoms with E-state index in [9.17, 15) is 35.4 Å². The molecule has 1 aliphatic rings. The molecule has 6 N–H and O–H groups in total. The largest absolute Gasteiger partial charge is 0.507 e. The van der Waals surface area contributed by atoms with Crippen molar-refractivity contribution >= 4 is 11.0 Å². The van der Waals surface area contributed by atoms with Crippen LogP contribution in [0.25, 0.3) is 22.1 Å². The van der Waals surface area contributed by atoms with Crippen LogP contribution in [-0.2, 0) is 4.74 Å². The maximum absolute atomic E-state index is 13.2. The number of rotatable bonds is 4. The monoisotopic (exact) mass is 446 g/mol. The number of ether oxygens (including phenoxy) is 2. The fourth-order valence-corrected chi connectivity index (χ4v) is 3.87. The lowest BCUT2D eigenvalue weighted by Gasteiger charge is -2.40. The van der Waals surface area contributed by atoms with Crippen LogP contribution >= 0.6 is 0 Å². The molecule has 32 heavy (non-hydrogen) atoms. The summed E-state index contributed by atoms with van der Waals surface area (Å²) < 4.78 is 16.3. The Balaban J connectivity index is 1.87. The molecule has 10 nitrogen and oxygen atoms in total. The number of methoxy groups -OCH3 is 1. The molecule has 2 aromatic carbocycles. The van der Waals surface area contributed by atoms with Gasteiger partial charge in [-0.15, -0.1) is 0 Å². The Morgan fingerprint density at radius 1 is 1.00 bits per heavy atom. The number of fused-ring (bicyclic) bond motifs is 1. The molecule has 1 saturated heterocycles. The molecule has 0 unspecified atom stereocenters. The van der Waals surface area contributed by atoms with E-state index in [0.717, 1.165) is 6.26 Å². The average Bonchev–Trinajstić information content (AvgIpc) is 2.79. The lowest BCUT2D eigenvalue weighted by molar-refractivity contribution is -0.231. The van der Waals surface area contributed by atoms with Gasteiger partial charge in [0.1, 0.15) is 48.1 Å². The average molecular weight is 446 g/mol. The first-order valence-corrected chi connectivity index (χ1v) is 9.73. The van der Waals surface area contributed by atoms with E-state index in [-0.39, 0.29) is 39.3 Å². The molecule has 2 heterocycles. The van der Waals surface area contributed by atoms with Crippen LogP contribution in [0.15, 0.2) is 45.8 Å². The number of phenols is 2. The predicted octanol–water partition coefficient (Wildman–Crippen LogP) is 0.395. The minimum atomic E-state index is -1.67. The third-order valence-corrected chi connectivity index (χ3v) is 5.62. The Morgan fingerprint density at radius 2 is 1.72 bits per heavy atom. The van der Waals surface area contributed by atoms with E-state index in [1.54, 1.807) is 0 Å². The Bertz CT molecular complexity index is 1200. The third-order valence-electron chi connectivity index (χ3n) is 5.62. The quantitative estimate of drug-likeness (QED) is 0.330. The molecule has 0 amide bonds. The summed E-state index contributed by atoms with van der Waals surface area (Å²) in [7, 11) is 1.37. The Labute approximate surface area is 181 Å². The van der Waals surface area contributed by atoms with Crippen molar-refractivity contribution < 1.29 is 44.5 Å². The topological polar surface area (TPSA) is 170 Å². The van der Waals surface area contributed by atoms with Gasteiger partial charge in [-0.3, -0.25) is 4.79 Å². The summed E-state index contributed by atoms with van der Waals surface area (Å²) in [6, 6.07) is 6.90. The molecule has 0 spiro atoms. The van der Waals surface area contributed by atoms with Crippen molar-refractivity contribution in [3.63, 3.8) is 0 Å². The number of aliphatic hydroxyl groups excluding tert-OH is 4. The van der Waals surface area contributed by atoms with Gasteiger partial charge in [0.05, 0.1) is 30.2 Å². The highest BCUT2D eigenvalue weighted by atomic mass is 16.5. The van der Waals surface area contributed by atoms with Gasteiger partial charge in [0.15, 0.2) is 11.5 Å². The predicted molar refractivity (Wildman–Crippen MR) is 111 cm³/mol. The number of hydrogen-bond acceptors (Lipinski definition) is 10. The molecule has 1 fully saturated rings. The fraction of sp³-hybridized carbons (Fsp3) is 0.318. The van der Waals surface area contributed by atoms with Crippen LogP contribution in [0.2, 0.25) is 0 Å². The first-order chi connectivity index (χ1) is 15.3. The molecule has 0 radical (unpaired) electrons. The van der Waals surface area contributed by atoms with Crippen LogP contribution in [0.3, 0.4) is 0 Å². The molecular formula is C22H22O10. The highest BCUT2D eigenvalue weighted by Crippen LogP contribution is 2.40. The van der Waals surface area contributed by atoms with Gasteiger partial charge in [-0.05, 0) is 29.8 Å². The first kappa shape index (κ1) is 22.1. The fourth-order valence-electron chi connectivity index (χ4n) is 3.87. The molecule has 170 valence electrons. The van der Waals surface area contributed by atoms with Gasteiger partial charge in [-0.2, -0.15) is 0 Å². The van der Waals surface area contributed by atoms with E-state index < -0.39 is 42.6 Å². The number of hydrogen-bond donors (Lipinski definition) is 6. The molecular weight excluding hydrogens is 424 g/mol. The second-order valence-corrected chi connectivity index (χ2v) is 7.49. The van der Waals surface area contributed by atoms with Gasteiger partial charge in [0.25, 0.3) is 0 Å². The summed E-state index contributed by atoms with van der Waals surface area (Å²) in [5.41, 5.74) is -0.0935. The standard InChI is InChI=1S/C22H22O10/c1-30-14-6-9(2-4-12(14)24)11-8-31-21-10(17(11)26)3-5-13(25)16(21)22-20(29)19(28)18(27)15(7-23)32-22/h2-6,8,15,18-20,22-25,27-29H,7H2,1H3/t15-,18-,19+,20-,22-/m1/s1. The molecule has 4 rings (SSSR count). The van der Waals surface area contributed by atoms with Crippen molar-refractivity contribution in [3.8, 4) is 28.4 Å². The zero-order valence-corrected chi connectivity index (χ0v) is 16.9. The van der Waals surface area contributed by atoms with E-state index in [1.807, 2.05) is 0 Å². The molecule has 10 heteroatoms. The van der Waals surface area contributed by atoms with Gasteiger partial charge in [0.2, 0.25) is 5.43 Å². The molecule has 5 atom stereocenters. The zero-order valence-electron chi connectivity index (χ0n) is 16.9. The van der Waals surface area contributed by atoms with Crippen LogP contribution < -0.4 is 10.2 Å². The van der Waals surface area contributed by atoms with E-state index in [0.29, 0.717) is 5.56 Å². The molecule has 1 aromatic heterocycles. The van der Waals surface area contributed by atoms with Crippen LogP contribution in [0.1, 0.15) is 11.7 Å². The van der Waals surface area contributed by atoms with Gasteiger partial charge < -0.3 is 44.5 Å². The minimum absolute atomic E-state index is 0.0549. The van der Waals surface area contributed by atoms with Crippen molar-refractivity contribution in [2.75, 3.05) is 13.7 Å². The number of phenolic OH excluding ortho intramolecular Hbond substituents is 2. The molecule has 1 aliphatic heterocycles. The van der Waals surface area contributed by atoms with E-state index in [2.05, 4.69) is 0 Å². The normalized spacial score (nSPS) is 25.7. The number of aromatic hydroxyl groups is 2. The van der Waals surface area contributed by atoms with Crippen molar-refractivity contribution in [1.29, 1.82) is 0 Å². The van der Waals surface area contributed by atoms with E-state index in [1.165, 1.54) is 37.4 Å². The van der Waals surface area contributed by atoms with Crippen LogP contribution in [-0.4, -0.2) is 68.8 Å². The molecule has 0 bridgehead atoms. The molecule has 0 aliphatic carbocycles. The minimum Gasteiger partial charge on any atom is -0.507 e. The summed E-state index contributed by atoms with van der Waals surface area (Å²) in [6.07, 6.45) is -6.36. The summed E-state index contributed by atoms with van der Waals surface area (Å²) in [6.45, 7) is -0.649. The SMILES string of the molecule is COc1cc(-c2coc3c([C@H]4O[C@H](CO)[C@@H](O)[C@H](O)[C@H]4O)c(O)ccc3c2=O)ccc1O. The first-order valence-electron chi connectivity index (χ1n) is 9.73. The van der Waals surface area contributed by atoms with Crippen molar-refractivity contribution in [2.24, 2.45) is 0 Å². The van der Waals surface area contributed by atoms with Crippen LogP contribution in [0, 0.1) is 0 Å². The lowest BCUT2D eigenvalue weighted by atomic mass is 9.89. The highest BCUT2D eigenvalue weighted by molar-refractivity contribution is 5.86. The summed E-state index contributed by atoms with van der Waals surface area (Å²) in [5.74, 6) is -0.310. The maximum atomic E-state index is 13.2. The van der Waals surface area contributed by atoms with Crippen molar-refractivity contribution in [3.05, 3.63) is 52.4 Å².